The molecular weight excluding hydrogens is 558 g/mol. The summed E-state index contributed by atoms with van der Waals surface area (Å²) in [6.07, 6.45) is -0.642. The highest BCUT2D eigenvalue weighted by Gasteiger charge is 2.53. The minimum Gasteiger partial charge on any atom is -0.343 e. The molecule has 2 saturated heterocycles. The van der Waals surface area contributed by atoms with Crippen molar-refractivity contribution < 1.29 is 23.9 Å². The number of carbonyl (C=O) groups is 3. The molecular formula is C34H31N5O5. The van der Waals surface area contributed by atoms with Gasteiger partial charge in [0.25, 0.3) is 11.8 Å². The molecule has 3 heterocycles. The third-order valence-electron chi connectivity index (χ3n) is 8.43. The number of azide groups is 1. The molecule has 0 aliphatic carbocycles. The Morgan fingerprint density at radius 2 is 1.48 bits per heavy atom. The van der Waals surface area contributed by atoms with Crippen LogP contribution in [0.5, 0.6) is 0 Å². The fourth-order valence-corrected chi connectivity index (χ4v) is 6.46. The van der Waals surface area contributed by atoms with Crippen LogP contribution in [0.2, 0.25) is 0 Å². The Labute approximate surface area is 255 Å². The van der Waals surface area contributed by atoms with E-state index in [-0.39, 0.29) is 49.5 Å². The number of benzene rings is 3. The van der Waals surface area contributed by atoms with Gasteiger partial charge in [-0.15, -0.1) is 0 Å². The maximum absolute atomic E-state index is 13.4. The van der Waals surface area contributed by atoms with Gasteiger partial charge in [-0.05, 0) is 61.3 Å². The molecule has 10 nitrogen and oxygen atoms in total. The van der Waals surface area contributed by atoms with E-state index in [4.69, 9.17) is 9.47 Å². The van der Waals surface area contributed by atoms with Crippen molar-refractivity contribution in [2.45, 2.75) is 49.8 Å². The molecule has 44 heavy (non-hydrogen) atoms. The van der Waals surface area contributed by atoms with Crippen LogP contribution in [0.15, 0.2) is 84.0 Å². The Kier molecular flexibility index (Phi) is 8.04. The van der Waals surface area contributed by atoms with Gasteiger partial charge in [0.05, 0.1) is 11.1 Å². The van der Waals surface area contributed by atoms with Crippen LogP contribution >= 0.6 is 0 Å². The van der Waals surface area contributed by atoms with Gasteiger partial charge in [0.1, 0.15) is 12.2 Å². The molecule has 10 heteroatoms. The standard InChI is InChI=1S/C34H31N5O5/c1-34(2)43-29(30(21-40)44-34)20-38-27(18-36-37-35)31(24-16-14-23(15-17-24)13-12-22-8-4-3-5-9-22)28(38)19-39-32(41)25-10-6-7-11-26(25)33(39)42/h3-11,14-17,21,27-31H,18-20H2,1-2H3/t27-,28+,29-,30?,31+/m0/s1. The molecule has 0 spiro atoms. The molecule has 2 amide bonds. The zero-order chi connectivity index (χ0) is 30.8. The number of ether oxygens (including phenoxy) is 2. The Bertz CT molecular complexity index is 1660. The van der Waals surface area contributed by atoms with Gasteiger partial charge >= 0.3 is 0 Å². The number of imide groups is 1. The highest BCUT2D eigenvalue weighted by molar-refractivity contribution is 6.21. The van der Waals surface area contributed by atoms with E-state index in [1.54, 1.807) is 38.1 Å². The smallest absolute Gasteiger partial charge is 0.261 e. The first-order valence-electron chi connectivity index (χ1n) is 14.5. The highest BCUT2D eigenvalue weighted by atomic mass is 16.8. The monoisotopic (exact) mass is 589 g/mol. The van der Waals surface area contributed by atoms with Crippen LogP contribution in [0.25, 0.3) is 10.4 Å². The van der Waals surface area contributed by atoms with Gasteiger partial charge in [-0.25, -0.2) is 0 Å². The SMILES string of the molecule is CC1(C)OC(C=O)[C@H](CN2[C@H](CN3C(=O)c4ccccc4C3=O)[C@H](c3ccc(C#Cc4ccccc4)cc3)[C@@H]2CN=[N+]=[N-])O1. The molecule has 5 atom stereocenters. The minimum absolute atomic E-state index is 0.113. The summed E-state index contributed by atoms with van der Waals surface area (Å²) in [7, 11) is 0. The average molecular weight is 590 g/mol. The Morgan fingerprint density at radius 1 is 0.864 bits per heavy atom. The lowest BCUT2D eigenvalue weighted by Gasteiger charge is -2.56. The summed E-state index contributed by atoms with van der Waals surface area (Å²) < 4.78 is 11.9. The molecule has 6 rings (SSSR count). The quantitative estimate of drug-likeness (QED) is 0.0948. The van der Waals surface area contributed by atoms with Crippen molar-refractivity contribution >= 4 is 18.1 Å². The first-order chi connectivity index (χ1) is 21.3. The van der Waals surface area contributed by atoms with Gasteiger partial charge in [-0.1, -0.05) is 59.4 Å². The average Bonchev–Trinajstić information content (AvgIpc) is 3.47. The lowest BCUT2D eigenvalue weighted by molar-refractivity contribution is -0.154. The summed E-state index contributed by atoms with van der Waals surface area (Å²) >= 11 is 0. The number of nitrogens with zero attached hydrogens (tertiary/aromatic N) is 5. The molecule has 3 aromatic rings. The van der Waals surface area contributed by atoms with Crippen molar-refractivity contribution in [2.24, 2.45) is 5.11 Å². The number of hydrogen-bond donors (Lipinski definition) is 0. The lowest BCUT2D eigenvalue weighted by atomic mass is 9.74. The van der Waals surface area contributed by atoms with Crippen LogP contribution in [0.4, 0.5) is 0 Å². The number of amides is 2. The fraction of sp³-hybridized carbons (Fsp3) is 0.324. The molecule has 0 radical (unpaired) electrons. The topological polar surface area (TPSA) is 125 Å². The van der Waals surface area contributed by atoms with E-state index in [0.29, 0.717) is 11.1 Å². The largest absolute Gasteiger partial charge is 0.343 e. The van der Waals surface area contributed by atoms with E-state index in [1.807, 2.05) is 54.6 Å². The van der Waals surface area contributed by atoms with Crippen molar-refractivity contribution in [3.8, 4) is 11.8 Å². The summed E-state index contributed by atoms with van der Waals surface area (Å²) in [4.78, 5) is 45.0. The van der Waals surface area contributed by atoms with Crippen LogP contribution in [-0.4, -0.2) is 77.6 Å². The lowest BCUT2D eigenvalue weighted by Crippen LogP contribution is -2.68. The molecule has 0 N–H and O–H groups in total. The van der Waals surface area contributed by atoms with E-state index < -0.39 is 18.0 Å². The van der Waals surface area contributed by atoms with Crippen molar-refractivity contribution in [3.05, 3.63) is 117 Å². The predicted molar refractivity (Wildman–Crippen MR) is 162 cm³/mol. The van der Waals surface area contributed by atoms with Crippen LogP contribution < -0.4 is 0 Å². The Hall–Kier alpha value is -4.78. The van der Waals surface area contributed by atoms with E-state index in [1.165, 1.54) is 4.90 Å². The number of rotatable bonds is 8. The van der Waals surface area contributed by atoms with Gasteiger partial charge in [0.15, 0.2) is 12.1 Å². The second-order valence-corrected chi connectivity index (χ2v) is 11.5. The maximum Gasteiger partial charge on any atom is 0.261 e. The third kappa shape index (κ3) is 5.62. The molecule has 3 aliphatic heterocycles. The summed E-state index contributed by atoms with van der Waals surface area (Å²) in [5.41, 5.74) is 12.7. The number of carbonyl (C=O) groups excluding carboxylic acids is 3. The maximum atomic E-state index is 13.4. The van der Waals surface area contributed by atoms with E-state index in [2.05, 4.69) is 26.8 Å². The van der Waals surface area contributed by atoms with Gasteiger partial charge in [-0.2, -0.15) is 0 Å². The van der Waals surface area contributed by atoms with Crippen LogP contribution in [0, 0.1) is 11.8 Å². The molecule has 3 aliphatic rings. The second kappa shape index (κ2) is 12.1. The minimum atomic E-state index is -0.949. The second-order valence-electron chi connectivity index (χ2n) is 11.5. The van der Waals surface area contributed by atoms with Crippen molar-refractivity contribution in [1.29, 1.82) is 0 Å². The Morgan fingerprint density at radius 3 is 2.09 bits per heavy atom. The fourth-order valence-electron chi connectivity index (χ4n) is 6.46. The first kappa shape index (κ1) is 29.3. The highest BCUT2D eigenvalue weighted by Crippen LogP contribution is 2.43. The van der Waals surface area contributed by atoms with Gasteiger partial charge in [0.2, 0.25) is 0 Å². The molecule has 3 aromatic carbocycles. The molecule has 2 fully saturated rings. The van der Waals surface area contributed by atoms with Gasteiger partial charge < -0.3 is 14.3 Å². The Balaban J connectivity index is 1.32. The molecule has 0 aromatic heterocycles. The van der Waals surface area contributed by atoms with Crippen molar-refractivity contribution in [3.63, 3.8) is 0 Å². The summed E-state index contributed by atoms with van der Waals surface area (Å²) in [5, 5.41) is 3.90. The molecule has 1 unspecified atom stereocenters. The molecule has 0 saturated carbocycles. The van der Waals surface area contributed by atoms with E-state index >= 15 is 0 Å². The van der Waals surface area contributed by atoms with E-state index in [9.17, 15) is 19.9 Å². The predicted octanol–water partition coefficient (Wildman–Crippen LogP) is 4.55. The van der Waals surface area contributed by atoms with Crippen molar-refractivity contribution in [1.82, 2.24) is 9.80 Å². The van der Waals surface area contributed by atoms with Gasteiger partial charge in [-0.3, -0.25) is 19.4 Å². The molecule has 222 valence electrons. The summed E-state index contributed by atoms with van der Waals surface area (Å²) in [6.45, 7) is 4.04. The number of likely N-dealkylation sites (tertiary alicyclic amines) is 1. The van der Waals surface area contributed by atoms with E-state index in [0.717, 1.165) is 23.0 Å². The zero-order valence-electron chi connectivity index (χ0n) is 24.4. The number of aldehydes is 1. The summed E-state index contributed by atoms with van der Waals surface area (Å²) in [6, 6.07) is 23.8. The van der Waals surface area contributed by atoms with Gasteiger partial charge in [0, 0.05) is 53.7 Å². The van der Waals surface area contributed by atoms with Crippen LogP contribution in [-0.2, 0) is 14.3 Å². The van der Waals surface area contributed by atoms with Crippen LogP contribution in [0.3, 0.4) is 0 Å². The van der Waals surface area contributed by atoms with Crippen molar-refractivity contribution in [2.75, 3.05) is 19.6 Å². The van der Waals surface area contributed by atoms with Crippen LogP contribution in [0.1, 0.15) is 57.2 Å². The first-order valence-corrected chi connectivity index (χ1v) is 14.5. The summed E-state index contributed by atoms with van der Waals surface area (Å²) in [5.74, 6) is 4.52. The number of fused-ring (bicyclic) bond motifs is 1. The molecule has 0 bridgehead atoms. The zero-order valence-corrected chi connectivity index (χ0v) is 24.4. The third-order valence-corrected chi connectivity index (χ3v) is 8.43. The number of hydrogen-bond acceptors (Lipinski definition) is 7. The normalized spacial score (nSPS) is 25.4.